The van der Waals surface area contributed by atoms with Gasteiger partial charge in [0.15, 0.2) is 0 Å². The first-order valence-electron chi connectivity index (χ1n) is 9.52. The highest BCUT2D eigenvalue weighted by molar-refractivity contribution is 6.30. The first-order valence-corrected chi connectivity index (χ1v) is 9.90. The number of rotatable bonds is 5. The standard InChI is InChI=1S/C20H27ClN2O3/c21-16-6-4-14(5-7-16)12-19(24)22-17-2-1-3-18(13-17)23-20(25)15-8-10-26-11-9-15/h4-7,15,17-18H,1-3,8-13H2,(H,22,24)(H,23,25). The second-order valence-corrected chi connectivity index (χ2v) is 7.76. The monoisotopic (exact) mass is 378 g/mol. The molecule has 0 bridgehead atoms. The van der Waals surface area contributed by atoms with E-state index >= 15 is 0 Å². The van der Waals surface area contributed by atoms with Gasteiger partial charge in [-0.1, -0.05) is 23.7 Å². The van der Waals surface area contributed by atoms with Gasteiger partial charge in [0.1, 0.15) is 0 Å². The maximum Gasteiger partial charge on any atom is 0.224 e. The van der Waals surface area contributed by atoms with Crippen molar-refractivity contribution in [2.75, 3.05) is 13.2 Å². The highest BCUT2D eigenvalue weighted by Gasteiger charge is 2.28. The fourth-order valence-electron chi connectivity index (χ4n) is 3.80. The lowest BCUT2D eigenvalue weighted by Crippen LogP contribution is -2.47. The van der Waals surface area contributed by atoms with Gasteiger partial charge in [-0.05, 0) is 56.2 Å². The zero-order valence-corrected chi connectivity index (χ0v) is 15.8. The lowest BCUT2D eigenvalue weighted by molar-refractivity contribution is -0.128. The van der Waals surface area contributed by atoms with Crippen LogP contribution in [0.3, 0.4) is 0 Å². The SMILES string of the molecule is O=C(Cc1ccc(Cl)cc1)NC1CCCC(NC(=O)C2CCOCC2)C1. The minimum absolute atomic E-state index is 0.0220. The number of nitrogens with one attached hydrogen (secondary N) is 2. The van der Waals surface area contributed by atoms with E-state index in [0.29, 0.717) is 24.7 Å². The minimum atomic E-state index is 0.0220. The maximum absolute atomic E-state index is 12.4. The van der Waals surface area contributed by atoms with Crippen molar-refractivity contribution in [2.45, 2.75) is 57.0 Å². The molecule has 2 unspecified atom stereocenters. The normalized spacial score (nSPS) is 24.0. The molecule has 2 amide bonds. The molecule has 1 aliphatic heterocycles. The molecule has 3 rings (SSSR count). The van der Waals surface area contributed by atoms with E-state index < -0.39 is 0 Å². The maximum atomic E-state index is 12.4. The molecule has 1 saturated carbocycles. The number of halogens is 1. The van der Waals surface area contributed by atoms with Crippen LogP contribution in [-0.4, -0.2) is 37.1 Å². The van der Waals surface area contributed by atoms with E-state index in [0.717, 1.165) is 44.1 Å². The molecule has 2 atom stereocenters. The Hall–Kier alpha value is -1.59. The predicted octanol–water partition coefficient (Wildman–Crippen LogP) is 2.85. The summed E-state index contributed by atoms with van der Waals surface area (Å²) >= 11 is 5.88. The molecule has 2 N–H and O–H groups in total. The van der Waals surface area contributed by atoms with Crippen LogP contribution < -0.4 is 10.6 Å². The zero-order chi connectivity index (χ0) is 18.4. The van der Waals surface area contributed by atoms with Crippen molar-refractivity contribution >= 4 is 23.4 Å². The van der Waals surface area contributed by atoms with Crippen LogP contribution in [0.2, 0.25) is 5.02 Å². The minimum Gasteiger partial charge on any atom is -0.381 e. The molecule has 26 heavy (non-hydrogen) atoms. The summed E-state index contributed by atoms with van der Waals surface area (Å²) in [6.07, 6.45) is 5.74. The third-order valence-electron chi connectivity index (χ3n) is 5.26. The number of ether oxygens (including phenoxy) is 1. The summed E-state index contributed by atoms with van der Waals surface area (Å²) in [5, 5.41) is 6.98. The lowest BCUT2D eigenvalue weighted by Gasteiger charge is -2.32. The Morgan fingerprint density at radius 3 is 2.35 bits per heavy atom. The molecule has 6 heteroatoms. The smallest absolute Gasteiger partial charge is 0.224 e. The molecule has 1 aliphatic carbocycles. The molecule has 5 nitrogen and oxygen atoms in total. The van der Waals surface area contributed by atoms with E-state index in [9.17, 15) is 9.59 Å². The fourth-order valence-corrected chi connectivity index (χ4v) is 3.92. The summed E-state index contributed by atoms with van der Waals surface area (Å²) in [5.74, 6) is 0.240. The van der Waals surface area contributed by atoms with Crippen LogP contribution in [0, 0.1) is 5.92 Å². The molecule has 1 saturated heterocycles. The second-order valence-electron chi connectivity index (χ2n) is 7.33. The average molecular weight is 379 g/mol. The van der Waals surface area contributed by atoms with E-state index in [2.05, 4.69) is 10.6 Å². The van der Waals surface area contributed by atoms with E-state index in [-0.39, 0.29) is 29.8 Å². The average Bonchev–Trinajstić information content (AvgIpc) is 2.64. The Morgan fingerprint density at radius 2 is 1.65 bits per heavy atom. The molecule has 142 valence electrons. The van der Waals surface area contributed by atoms with Crippen LogP contribution in [0.15, 0.2) is 24.3 Å². The van der Waals surface area contributed by atoms with Gasteiger partial charge in [-0.25, -0.2) is 0 Å². The van der Waals surface area contributed by atoms with Gasteiger partial charge in [0.2, 0.25) is 11.8 Å². The first-order chi connectivity index (χ1) is 12.6. The van der Waals surface area contributed by atoms with Gasteiger partial charge in [-0.2, -0.15) is 0 Å². The topological polar surface area (TPSA) is 67.4 Å². The van der Waals surface area contributed by atoms with Crippen LogP contribution in [0.5, 0.6) is 0 Å². The molecule has 1 aromatic carbocycles. The van der Waals surface area contributed by atoms with Gasteiger partial charge in [0.05, 0.1) is 6.42 Å². The van der Waals surface area contributed by atoms with E-state index in [1.54, 1.807) is 12.1 Å². The Bertz CT molecular complexity index is 614. The molecule has 1 aromatic rings. The van der Waals surface area contributed by atoms with Crippen molar-refractivity contribution in [1.29, 1.82) is 0 Å². The van der Waals surface area contributed by atoms with Gasteiger partial charge in [0.25, 0.3) is 0 Å². The van der Waals surface area contributed by atoms with Crippen LogP contribution in [0.25, 0.3) is 0 Å². The number of benzene rings is 1. The van der Waals surface area contributed by atoms with Gasteiger partial charge >= 0.3 is 0 Å². The van der Waals surface area contributed by atoms with Crippen LogP contribution in [0.1, 0.15) is 44.1 Å². The Kier molecular flexibility index (Phi) is 6.92. The zero-order valence-electron chi connectivity index (χ0n) is 15.0. The molecule has 0 aromatic heterocycles. The lowest BCUT2D eigenvalue weighted by atomic mass is 9.89. The Balaban J connectivity index is 1.44. The van der Waals surface area contributed by atoms with Crippen LogP contribution in [0.4, 0.5) is 0 Å². The van der Waals surface area contributed by atoms with Crippen molar-refractivity contribution in [2.24, 2.45) is 5.92 Å². The van der Waals surface area contributed by atoms with Crippen molar-refractivity contribution in [3.05, 3.63) is 34.9 Å². The fraction of sp³-hybridized carbons (Fsp3) is 0.600. The molecular formula is C20H27ClN2O3. The predicted molar refractivity (Wildman–Crippen MR) is 101 cm³/mol. The number of carbonyl (C=O) groups excluding carboxylic acids is 2. The number of hydrogen-bond acceptors (Lipinski definition) is 3. The van der Waals surface area contributed by atoms with E-state index in [1.165, 1.54) is 0 Å². The summed E-state index contributed by atoms with van der Waals surface area (Å²) in [6.45, 7) is 1.35. The molecule has 0 spiro atoms. The van der Waals surface area contributed by atoms with Crippen LogP contribution in [-0.2, 0) is 20.7 Å². The summed E-state index contributed by atoms with van der Waals surface area (Å²) in [6, 6.07) is 7.63. The Morgan fingerprint density at radius 1 is 1.00 bits per heavy atom. The van der Waals surface area contributed by atoms with Crippen molar-refractivity contribution in [3.8, 4) is 0 Å². The van der Waals surface area contributed by atoms with Crippen molar-refractivity contribution < 1.29 is 14.3 Å². The summed E-state index contributed by atoms with van der Waals surface area (Å²) in [4.78, 5) is 24.7. The highest BCUT2D eigenvalue weighted by atomic mass is 35.5. The third-order valence-corrected chi connectivity index (χ3v) is 5.51. The summed E-state index contributed by atoms with van der Waals surface area (Å²) < 4.78 is 5.32. The molecule has 2 fully saturated rings. The summed E-state index contributed by atoms with van der Waals surface area (Å²) in [7, 11) is 0. The quantitative estimate of drug-likeness (QED) is 0.827. The second kappa shape index (κ2) is 9.38. The van der Waals surface area contributed by atoms with Crippen LogP contribution >= 0.6 is 11.6 Å². The van der Waals surface area contributed by atoms with Crippen molar-refractivity contribution in [1.82, 2.24) is 10.6 Å². The first kappa shape index (κ1) is 19.2. The van der Waals surface area contributed by atoms with E-state index in [1.807, 2.05) is 12.1 Å². The number of hydrogen-bond donors (Lipinski definition) is 2. The van der Waals surface area contributed by atoms with Gasteiger partial charge in [-0.15, -0.1) is 0 Å². The van der Waals surface area contributed by atoms with Gasteiger partial charge in [0, 0.05) is 36.2 Å². The largest absolute Gasteiger partial charge is 0.381 e. The summed E-state index contributed by atoms with van der Waals surface area (Å²) in [5.41, 5.74) is 0.951. The number of amides is 2. The van der Waals surface area contributed by atoms with Crippen molar-refractivity contribution in [3.63, 3.8) is 0 Å². The molecular weight excluding hydrogens is 352 g/mol. The highest BCUT2D eigenvalue weighted by Crippen LogP contribution is 2.21. The molecule has 1 heterocycles. The molecule has 2 aliphatic rings. The molecule has 0 radical (unpaired) electrons. The third kappa shape index (κ3) is 5.71. The Labute approximate surface area is 159 Å². The van der Waals surface area contributed by atoms with Gasteiger partial charge in [-0.3, -0.25) is 9.59 Å². The van der Waals surface area contributed by atoms with Gasteiger partial charge < -0.3 is 15.4 Å². The van der Waals surface area contributed by atoms with E-state index in [4.69, 9.17) is 16.3 Å². The number of carbonyl (C=O) groups is 2.